The Bertz CT molecular complexity index is 856. The highest BCUT2D eigenvalue weighted by Crippen LogP contribution is 2.27. The maximum absolute atomic E-state index is 14.4. The zero-order chi connectivity index (χ0) is 15.8. The Balaban J connectivity index is 1.69. The van der Waals surface area contributed by atoms with E-state index in [1.54, 1.807) is 12.3 Å². The molecule has 4 nitrogen and oxygen atoms in total. The molecule has 0 spiro atoms. The van der Waals surface area contributed by atoms with Crippen LogP contribution in [0.1, 0.15) is 0 Å². The zero-order valence-electron chi connectivity index (χ0n) is 12.4. The fourth-order valence-electron chi connectivity index (χ4n) is 2.85. The fourth-order valence-corrected chi connectivity index (χ4v) is 2.85. The number of H-pyrrole nitrogens is 1. The van der Waals surface area contributed by atoms with Crippen molar-refractivity contribution in [3.05, 3.63) is 48.2 Å². The van der Waals surface area contributed by atoms with Crippen molar-refractivity contribution in [2.24, 2.45) is 0 Å². The molecule has 0 bridgehead atoms. The van der Waals surface area contributed by atoms with E-state index in [0.717, 1.165) is 5.39 Å². The largest absolute Gasteiger partial charge is 0.378 e. The van der Waals surface area contributed by atoms with E-state index in [4.69, 9.17) is 4.74 Å². The normalized spacial score (nSPS) is 15.3. The first-order chi connectivity index (χ1) is 11.2. The number of aromatic amines is 1. The summed E-state index contributed by atoms with van der Waals surface area (Å²) >= 11 is 0. The van der Waals surface area contributed by atoms with Crippen molar-refractivity contribution in [1.82, 2.24) is 9.97 Å². The van der Waals surface area contributed by atoms with Crippen LogP contribution in [0.4, 0.5) is 14.5 Å². The van der Waals surface area contributed by atoms with Gasteiger partial charge in [-0.15, -0.1) is 0 Å². The van der Waals surface area contributed by atoms with Crippen LogP contribution >= 0.6 is 0 Å². The number of aromatic nitrogens is 2. The summed E-state index contributed by atoms with van der Waals surface area (Å²) in [4.78, 5) is 9.36. The number of fused-ring (bicyclic) bond motifs is 1. The van der Waals surface area contributed by atoms with Gasteiger partial charge in [0.2, 0.25) is 0 Å². The minimum atomic E-state index is -0.318. The molecule has 0 atom stereocenters. The van der Waals surface area contributed by atoms with E-state index in [1.165, 1.54) is 18.2 Å². The molecule has 0 amide bonds. The SMILES string of the molecule is Fc1ccc2cc(-c3cc(F)c(N4CCOCC4)cn3)[nH]c2c1. The highest BCUT2D eigenvalue weighted by molar-refractivity contribution is 5.85. The van der Waals surface area contributed by atoms with Crippen LogP contribution in [0.3, 0.4) is 0 Å². The van der Waals surface area contributed by atoms with Gasteiger partial charge in [-0.2, -0.15) is 0 Å². The lowest BCUT2D eigenvalue weighted by Gasteiger charge is -2.28. The van der Waals surface area contributed by atoms with Gasteiger partial charge in [0, 0.05) is 30.1 Å². The highest BCUT2D eigenvalue weighted by Gasteiger charge is 2.17. The second-order valence-corrected chi connectivity index (χ2v) is 5.53. The van der Waals surface area contributed by atoms with E-state index in [-0.39, 0.29) is 11.6 Å². The molecule has 2 aromatic heterocycles. The van der Waals surface area contributed by atoms with Crippen LogP contribution < -0.4 is 4.90 Å². The van der Waals surface area contributed by atoms with E-state index in [9.17, 15) is 8.78 Å². The third-order valence-corrected chi connectivity index (χ3v) is 4.05. The van der Waals surface area contributed by atoms with Gasteiger partial charge in [0.25, 0.3) is 0 Å². The number of pyridine rings is 1. The highest BCUT2D eigenvalue weighted by atomic mass is 19.1. The second kappa shape index (κ2) is 5.62. The average molecular weight is 315 g/mol. The van der Waals surface area contributed by atoms with Crippen LogP contribution in [0.15, 0.2) is 36.5 Å². The van der Waals surface area contributed by atoms with Gasteiger partial charge < -0.3 is 14.6 Å². The molecule has 3 aromatic rings. The van der Waals surface area contributed by atoms with Crippen LogP contribution in [-0.4, -0.2) is 36.3 Å². The third kappa shape index (κ3) is 2.66. The Hall–Kier alpha value is -2.47. The molecule has 1 aliphatic rings. The lowest BCUT2D eigenvalue weighted by Crippen LogP contribution is -2.36. The Labute approximate surface area is 131 Å². The standard InChI is InChI=1S/C17H15F2N3O/c18-12-2-1-11-7-16(21-14(11)8-12)15-9-13(19)17(10-20-15)22-3-5-23-6-4-22/h1-2,7-10,21H,3-6H2. The molecule has 3 heterocycles. The number of anilines is 1. The summed E-state index contributed by atoms with van der Waals surface area (Å²) < 4.78 is 33.0. The Kier molecular flexibility index (Phi) is 3.46. The van der Waals surface area contributed by atoms with Gasteiger partial charge >= 0.3 is 0 Å². The van der Waals surface area contributed by atoms with Crippen molar-refractivity contribution in [2.45, 2.75) is 0 Å². The molecule has 1 aliphatic heterocycles. The summed E-state index contributed by atoms with van der Waals surface area (Å²) in [5, 5.41) is 0.862. The second-order valence-electron chi connectivity index (χ2n) is 5.53. The van der Waals surface area contributed by atoms with Crippen LogP contribution in [0.2, 0.25) is 0 Å². The monoisotopic (exact) mass is 315 g/mol. The number of nitrogens with zero attached hydrogens (tertiary/aromatic N) is 2. The summed E-state index contributed by atoms with van der Waals surface area (Å²) in [6.07, 6.45) is 1.54. The summed E-state index contributed by atoms with van der Waals surface area (Å²) in [5.41, 5.74) is 2.31. The molecule has 0 unspecified atom stereocenters. The molecule has 0 aliphatic carbocycles. The molecule has 23 heavy (non-hydrogen) atoms. The number of hydrogen-bond donors (Lipinski definition) is 1. The van der Waals surface area contributed by atoms with Crippen molar-refractivity contribution < 1.29 is 13.5 Å². The van der Waals surface area contributed by atoms with E-state index in [2.05, 4.69) is 9.97 Å². The van der Waals surface area contributed by atoms with E-state index < -0.39 is 0 Å². The topological polar surface area (TPSA) is 41.1 Å². The van der Waals surface area contributed by atoms with E-state index in [0.29, 0.717) is 48.9 Å². The predicted octanol–water partition coefficient (Wildman–Crippen LogP) is 3.34. The zero-order valence-corrected chi connectivity index (χ0v) is 12.4. The van der Waals surface area contributed by atoms with Crippen LogP contribution in [0.5, 0.6) is 0 Å². The number of rotatable bonds is 2. The van der Waals surface area contributed by atoms with E-state index in [1.807, 2.05) is 11.0 Å². The Morgan fingerprint density at radius 3 is 2.70 bits per heavy atom. The molecule has 1 fully saturated rings. The summed E-state index contributed by atoms with van der Waals surface area (Å²) in [6.45, 7) is 2.50. The Morgan fingerprint density at radius 2 is 1.91 bits per heavy atom. The summed E-state index contributed by atoms with van der Waals surface area (Å²) in [5.74, 6) is -0.630. The smallest absolute Gasteiger partial charge is 0.150 e. The van der Waals surface area contributed by atoms with Gasteiger partial charge in [-0.25, -0.2) is 8.78 Å². The van der Waals surface area contributed by atoms with Gasteiger partial charge in [-0.1, -0.05) is 0 Å². The van der Waals surface area contributed by atoms with Gasteiger partial charge in [0.05, 0.1) is 36.5 Å². The molecule has 1 saturated heterocycles. The minimum absolute atomic E-state index is 0.312. The molecule has 118 valence electrons. The van der Waals surface area contributed by atoms with Crippen LogP contribution in [-0.2, 0) is 4.74 Å². The molecule has 6 heteroatoms. The van der Waals surface area contributed by atoms with Crippen LogP contribution in [0, 0.1) is 11.6 Å². The number of hydrogen-bond acceptors (Lipinski definition) is 3. The van der Waals surface area contributed by atoms with Crippen molar-refractivity contribution >= 4 is 16.6 Å². The molecule has 0 saturated carbocycles. The maximum atomic E-state index is 14.4. The lowest BCUT2D eigenvalue weighted by molar-refractivity contribution is 0.122. The number of halogens is 2. The van der Waals surface area contributed by atoms with Crippen molar-refractivity contribution in [1.29, 1.82) is 0 Å². The average Bonchev–Trinajstić information content (AvgIpc) is 2.98. The Morgan fingerprint density at radius 1 is 1.09 bits per heavy atom. The van der Waals surface area contributed by atoms with Crippen molar-refractivity contribution in [2.75, 3.05) is 31.2 Å². The number of benzene rings is 1. The molecule has 1 N–H and O–H groups in total. The number of morpholine rings is 1. The first-order valence-corrected chi connectivity index (χ1v) is 7.47. The third-order valence-electron chi connectivity index (χ3n) is 4.05. The van der Waals surface area contributed by atoms with E-state index >= 15 is 0 Å². The van der Waals surface area contributed by atoms with Crippen LogP contribution in [0.25, 0.3) is 22.3 Å². The number of ether oxygens (including phenoxy) is 1. The molecular weight excluding hydrogens is 300 g/mol. The van der Waals surface area contributed by atoms with Crippen molar-refractivity contribution in [3.8, 4) is 11.4 Å². The first-order valence-electron chi connectivity index (χ1n) is 7.47. The van der Waals surface area contributed by atoms with Crippen molar-refractivity contribution in [3.63, 3.8) is 0 Å². The van der Waals surface area contributed by atoms with Gasteiger partial charge in [0.1, 0.15) is 11.6 Å². The minimum Gasteiger partial charge on any atom is -0.378 e. The quantitative estimate of drug-likeness (QED) is 0.788. The summed E-state index contributed by atoms with van der Waals surface area (Å²) in [7, 11) is 0. The number of nitrogens with one attached hydrogen (secondary N) is 1. The molecule has 4 rings (SSSR count). The van der Waals surface area contributed by atoms with Gasteiger partial charge in [-0.3, -0.25) is 4.98 Å². The van der Waals surface area contributed by atoms with Gasteiger partial charge in [0.15, 0.2) is 0 Å². The summed E-state index contributed by atoms with van der Waals surface area (Å²) in [6, 6.07) is 7.74. The maximum Gasteiger partial charge on any atom is 0.150 e. The fraction of sp³-hybridized carbons (Fsp3) is 0.235. The molecule has 1 aromatic carbocycles. The van der Waals surface area contributed by atoms with Gasteiger partial charge in [-0.05, 0) is 24.3 Å². The lowest BCUT2D eigenvalue weighted by atomic mass is 10.2. The first kappa shape index (κ1) is 14.1. The molecule has 0 radical (unpaired) electrons. The molecular formula is C17H15F2N3O. The predicted molar refractivity (Wildman–Crippen MR) is 84.5 cm³/mol.